The lowest BCUT2D eigenvalue weighted by Crippen LogP contribution is -2.30. The zero-order chi connectivity index (χ0) is 12.3. The molecule has 1 fully saturated rings. The molecular weight excluding hydrogens is 238 g/mol. The number of aliphatic carboxylic acids is 1. The Balaban J connectivity index is 2.06. The molecule has 2 N–H and O–H groups in total. The number of carboxylic acids is 1. The number of nitrogens with one attached hydrogen (secondary N) is 1. The number of aromatic nitrogens is 2. The van der Waals surface area contributed by atoms with Gasteiger partial charge in [0.1, 0.15) is 17.2 Å². The molecule has 2 rings (SSSR count). The second-order valence-electron chi connectivity index (χ2n) is 4.07. The van der Waals surface area contributed by atoms with Crippen molar-refractivity contribution in [1.82, 2.24) is 9.97 Å². The minimum absolute atomic E-state index is 0.0166. The van der Waals surface area contributed by atoms with E-state index in [1.54, 1.807) is 11.8 Å². The summed E-state index contributed by atoms with van der Waals surface area (Å²) in [6, 6.07) is 1.83. The number of hydrogen-bond acceptors (Lipinski definition) is 5. The minimum Gasteiger partial charge on any atom is -0.481 e. The third-order valence-corrected chi connectivity index (χ3v) is 3.66. The van der Waals surface area contributed by atoms with E-state index in [-0.39, 0.29) is 12.0 Å². The van der Waals surface area contributed by atoms with Crippen LogP contribution in [0.25, 0.3) is 0 Å². The molecule has 1 heterocycles. The van der Waals surface area contributed by atoms with Crippen molar-refractivity contribution in [3.63, 3.8) is 0 Å². The van der Waals surface area contributed by atoms with Crippen molar-refractivity contribution in [2.24, 2.45) is 5.92 Å². The van der Waals surface area contributed by atoms with Crippen LogP contribution in [0, 0.1) is 5.92 Å². The highest BCUT2D eigenvalue weighted by Gasteiger charge is 2.32. The highest BCUT2D eigenvalue weighted by atomic mass is 32.2. The standard InChI is InChI=1S/C11H15N3O2S/c1-17-10-5-9(12-6-13-10)14-8-4-2-3-7(8)11(15)16/h5-8H,2-4H2,1H3,(H,15,16)(H,12,13,14). The van der Waals surface area contributed by atoms with Gasteiger partial charge in [-0.1, -0.05) is 6.42 Å². The molecule has 92 valence electrons. The van der Waals surface area contributed by atoms with E-state index in [0.717, 1.165) is 24.3 Å². The van der Waals surface area contributed by atoms with Gasteiger partial charge in [-0.25, -0.2) is 9.97 Å². The monoisotopic (exact) mass is 253 g/mol. The fourth-order valence-corrected chi connectivity index (χ4v) is 2.53. The van der Waals surface area contributed by atoms with Crippen LogP contribution in [0.5, 0.6) is 0 Å². The van der Waals surface area contributed by atoms with Crippen molar-refractivity contribution in [2.75, 3.05) is 11.6 Å². The fraction of sp³-hybridized carbons (Fsp3) is 0.545. The summed E-state index contributed by atoms with van der Waals surface area (Å²) in [6.07, 6.45) is 6.03. The first-order valence-electron chi connectivity index (χ1n) is 5.56. The SMILES string of the molecule is CSc1cc(NC2CCCC2C(=O)O)ncn1. The van der Waals surface area contributed by atoms with Crippen LogP contribution in [0.3, 0.4) is 0 Å². The van der Waals surface area contributed by atoms with Crippen molar-refractivity contribution in [3.8, 4) is 0 Å². The lowest BCUT2D eigenvalue weighted by atomic mass is 10.0. The number of hydrogen-bond donors (Lipinski definition) is 2. The molecule has 0 saturated heterocycles. The summed E-state index contributed by atoms with van der Waals surface area (Å²) in [5, 5.41) is 13.2. The molecule has 0 aromatic carbocycles. The smallest absolute Gasteiger partial charge is 0.308 e. The number of nitrogens with zero attached hydrogens (tertiary/aromatic N) is 2. The van der Waals surface area contributed by atoms with E-state index in [2.05, 4.69) is 15.3 Å². The van der Waals surface area contributed by atoms with Crippen molar-refractivity contribution < 1.29 is 9.90 Å². The van der Waals surface area contributed by atoms with Gasteiger partial charge >= 0.3 is 5.97 Å². The Labute approximate surface area is 104 Å². The zero-order valence-corrected chi connectivity index (χ0v) is 10.4. The highest BCUT2D eigenvalue weighted by Crippen LogP contribution is 2.28. The molecule has 1 aliphatic rings. The van der Waals surface area contributed by atoms with Crippen molar-refractivity contribution >= 4 is 23.5 Å². The van der Waals surface area contributed by atoms with Gasteiger partial charge in [-0.2, -0.15) is 0 Å². The maximum Gasteiger partial charge on any atom is 0.308 e. The minimum atomic E-state index is -0.723. The second kappa shape index (κ2) is 5.35. The number of carbonyl (C=O) groups is 1. The van der Waals surface area contributed by atoms with Gasteiger partial charge in [0.2, 0.25) is 0 Å². The van der Waals surface area contributed by atoms with E-state index in [0.29, 0.717) is 5.82 Å². The molecule has 6 heteroatoms. The Hall–Kier alpha value is -1.30. The third kappa shape index (κ3) is 2.88. The van der Waals surface area contributed by atoms with Gasteiger partial charge in [0.05, 0.1) is 5.92 Å². The first-order chi connectivity index (χ1) is 8.20. The van der Waals surface area contributed by atoms with Gasteiger partial charge in [-0.3, -0.25) is 4.79 Å². The molecule has 1 aromatic rings. The average Bonchev–Trinajstić information content (AvgIpc) is 2.77. The van der Waals surface area contributed by atoms with Crippen molar-refractivity contribution in [1.29, 1.82) is 0 Å². The molecule has 0 radical (unpaired) electrons. The molecule has 1 aromatic heterocycles. The summed E-state index contributed by atoms with van der Waals surface area (Å²) in [5.74, 6) is -0.315. The molecule has 0 amide bonds. The Morgan fingerprint density at radius 1 is 1.53 bits per heavy atom. The lowest BCUT2D eigenvalue weighted by molar-refractivity contribution is -0.141. The summed E-state index contributed by atoms with van der Waals surface area (Å²) in [6.45, 7) is 0. The number of carboxylic acid groups (broad SMARTS) is 1. The van der Waals surface area contributed by atoms with Crippen molar-refractivity contribution in [3.05, 3.63) is 12.4 Å². The molecule has 0 bridgehead atoms. The molecule has 0 spiro atoms. The van der Waals surface area contributed by atoms with Gasteiger partial charge < -0.3 is 10.4 Å². The van der Waals surface area contributed by atoms with Gasteiger partial charge in [-0.05, 0) is 19.1 Å². The summed E-state index contributed by atoms with van der Waals surface area (Å²) < 4.78 is 0. The fourth-order valence-electron chi connectivity index (χ4n) is 2.15. The largest absolute Gasteiger partial charge is 0.481 e. The topological polar surface area (TPSA) is 75.1 Å². The van der Waals surface area contributed by atoms with Crippen LogP contribution in [-0.4, -0.2) is 33.3 Å². The predicted octanol–water partition coefficient (Wildman–Crippen LogP) is 1.86. The van der Waals surface area contributed by atoms with E-state index in [1.807, 2.05) is 12.3 Å². The molecule has 1 saturated carbocycles. The first kappa shape index (κ1) is 12.2. The Morgan fingerprint density at radius 3 is 3.06 bits per heavy atom. The van der Waals surface area contributed by atoms with Crippen molar-refractivity contribution in [2.45, 2.75) is 30.3 Å². The maximum atomic E-state index is 11.0. The molecule has 17 heavy (non-hydrogen) atoms. The maximum absolute atomic E-state index is 11.0. The van der Waals surface area contributed by atoms with E-state index in [1.165, 1.54) is 6.33 Å². The molecule has 5 nitrogen and oxygen atoms in total. The van der Waals surface area contributed by atoms with E-state index in [9.17, 15) is 4.79 Å². The number of thioether (sulfide) groups is 1. The van der Waals surface area contributed by atoms with E-state index >= 15 is 0 Å². The Bertz CT molecular complexity index is 413. The molecule has 2 unspecified atom stereocenters. The van der Waals surface area contributed by atoms with Crippen LogP contribution < -0.4 is 5.32 Å². The summed E-state index contributed by atoms with van der Waals surface area (Å²) >= 11 is 1.54. The Morgan fingerprint density at radius 2 is 2.35 bits per heavy atom. The first-order valence-corrected chi connectivity index (χ1v) is 6.78. The zero-order valence-electron chi connectivity index (χ0n) is 9.59. The van der Waals surface area contributed by atoms with Crippen LogP contribution >= 0.6 is 11.8 Å². The van der Waals surface area contributed by atoms with Gasteiger partial charge in [0, 0.05) is 12.1 Å². The number of anilines is 1. The Kier molecular flexibility index (Phi) is 3.83. The molecule has 0 aliphatic heterocycles. The van der Waals surface area contributed by atoms with Crippen LogP contribution in [0.1, 0.15) is 19.3 Å². The van der Waals surface area contributed by atoms with Crippen LogP contribution in [-0.2, 0) is 4.79 Å². The number of rotatable bonds is 4. The third-order valence-electron chi connectivity index (χ3n) is 3.02. The molecule has 1 aliphatic carbocycles. The molecular formula is C11H15N3O2S. The predicted molar refractivity (Wildman–Crippen MR) is 66.2 cm³/mol. The molecule has 2 atom stereocenters. The summed E-state index contributed by atoms with van der Waals surface area (Å²) in [5.41, 5.74) is 0. The van der Waals surface area contributed by atoms with Crippen LogP contribution in [0.2, 0.25) is 0 Å². The summed E-state index contributed by atoms with van der Waals surface area (Å²) in [7, 11) is 0. The van der Waals surface area contributed by atoms with Crippen LogP contribution in [0.4, 0.5) is 5.82 Å². The summed E-state index contributed by atoms with van der Waals surface area (Å²) in [4.78, 5) is 19.2. The highest BCUT2D eigenvalue weighted by molar-refractivity contribution is 7.98. The van der Waals surface area contributed by atoms with Gasteiger partial charge in [0.15, 0.2) is 0 Å². The van der Waals surface area contributed by atoms with Gasteiger partial charge in [0.25, 0.3) is 0 Å². The second-order valence-corrected chi connectivity index (χ2v) is 4.90. The quantitative estimate of drug-likeness (QED) is 0.630. The average molecular weight is 253 g/mol. The van der Waals surface area contributed by atoms with E-state index < -0.39 is 5.97 Å². The lowest BCUT2D eigenvalue weighted by Gasteiger charge is -2.18. The van der Waals surface area contributed by atoms with E-state index in [4.69, 9.17) is 5.11 Å². The van der Waals surface area contributed by atoms with Crippen LogP contribution in [0.15, 0.2) is 17.4 Å². The van der Waals surface area contributed by atoms with Gasteiger partial charge in [-0.15, -0.1) is 11.8 Å². The normalized spacial score (nSPS) is 23.6.